The predicted molar refractivity (Wildman–Crippen MR) is 58.6 cm³/mol. The summed E-state index contributed by atoms with van der Waals surface area (Å²) in [5.74, 6) is -0.245. The number of fused-ring (bicyclic) bond motifs is 1. The third-order valence-corrected chi connectivity index (χ3v) is 3.56. The average molecular weight is 219 g/mol. The van der Waals surface area contributed by atoms with Crippen molar-refractivity contribution in [3.05, 3.63) is 29.5 Å². The smallest absolute Gasteiger partial charge is 0.356 e. The zero-order chi connectivity index (χ0) is 10.4. The quantitative estimate of drug-likeness (QED) is 0.844. The van der Waals surface area contributed by atoms with Crippen LogP contribution >= 0.6 is 11.5 Å². The standard InChI is InChI=1S/C11H9NO2S/c13-11(14)10-8-4-3-7(6-1-2-6)5-9(8)15-12-10/h3-6H,1-2H2,(H,13,14). The van der Waals surface area contributed by atoms with Gasteiger partial charge in [0.25, 0.3) is 0 Å². The van der Waals surface area contributed by atoms with Crippen LogP contribution in [0.25, 0.3) is 10.1 Å². The second-order valence-corrected chi connectivity index (χ2v) is 4.67. The zero-order valence-electron chi connectivity index (χ0n) is 7.93. The maximum atomic E-state index is 10.9. The minimum absolute atomic E-state index is 0.178. The fourth-order valence-corrected chi connectivity index (χ4v) is 2.60. The summed E-state index contributed by atoms with van der Waals surface area (Å²) in [7, 11) is 0. The Bertz CT molecular complexity index is 543. The normalized spacial score (nSPS) is 15.7. The van der Waals surface area contributed by atoms with Crippen molar-refractivity contribution in [2.75, 3.05) is 0 Å². The summed E-state index contributed by atoms with van der Waals surface area (Å²) in [6, 6.07) is 5.99. The predicted octanol–water partition coefficient (Wildman–Crippen LogP) is 2.87. The maximum Gasteiger partial charge on any atom is 0.356 e. The lowest BCUT2D eigenvalue weighted by Gasteiger charge is -1.97. The molecule has 76 valence electrons. The van der Waals surface area contributed by atoms with E-state index in [-0.39, 0.29) is 5.69 Å². The first-order valence-electron chi connectivity index (χ1n) is 4.88. The Labute approximate surface area is 90.5 Å². The van der Waals surface area contributed by atoms with E-state index in [4.69, 9.17) is 5.11 Å². The molecule has 3 nitrogen and oxygen atoms in total. The molecule has 1 N–H and O–H groups in total. The van der Waals surface area contributed by atoms with Gasteiger partial charge < -0.3 is 5.11 Å². The van der Waals surface area contributed by atoms with Crippen LogP contribution in [0.15, 0.2) is 18.2 Å². The van der Waals surface area contributed by atoms with Crippen LogP contribution in [0.5, 0.6) is 0 Å². The first-order chi connectivity index (χ1) is 7.25. The highest BCUT2D eigenvalue weighted by Crippen LogP contribution is 2.41. The van der Waals surface area contributed by atoms with E-state index in [0.29, 0.717) is 5.92 Å². The highest BCUT2D eigenvalue weighted by molar-refractivity contribution is 7.13. The average Bonchev–Trinajstić information content (AvgIpc) is 2.97. The first-order valence-corrected chi connectivity index (χ1v) is 5.65. The topological polar surface area (TPSA) is 50.2 Å². The number of aromatic nitrogens is 1. The van der Waals surface area contributed by atoms with Gasteiger partial charge in [0.15, 0.2) is 5.69 Å². The van der Waals surface area contributed by atoms with Crippen molar-refractivity contribution >= 4 is 27.6 Å². The van der Waals surface area contributed by atoms with Gasteiger partial charge in [-0.05, 0) is 41.9 Å². The zero-order valence-corrected chi connectivity index (χ0v) is 8.75. The Morgan fingerprint density at radius 1 is 1.47 bits per heavy atom. The molecule has 0 radical (unpaired) electrons. The second-order valence-electron chi connectivity index (χ2n) is 3.87. The van der Waals surface area contributed by atoms with Crippen molar-refractivity contribution < 1.29 is 9.90 Å². The summed E-state index contributed by atoms with van der Waals surface area (Å²) in [4.78, 5) is 10.9. The van der Waals surface area contributed by atoms with Crippen molar-refractivity contribution in [2.45, 2.75) is 18.8 Å². The molecule has 1 aliphatic carbocycles. The van der Waals surface area contributed by atoms with E-state index in [9.17, 15) is 4.79 Å². The first kappa shape index (κ1) is 8.85. The maximum absolute atomic E-state index is 10.9. The third kappa shape index (κ3) is 1.41. The number of carboxylic acid groups (broad SMARTS) is 1. The number of hydrogen-bond donors (Lipinski definition) is 1. The Morgan fingerprint density at radius 2 is 2.27 bits per heavy atom. The molecular weight excluding hydrogens is 210 g/mol. The van der Waals surface area contributed by atoms with Crippen molar-refractivity contribution in [3.63, 3.8) is 0 Å². The van der Waals surface area contributed by atoms with E-state index in [1.807, 2.05) is 12.1 Å². The molecule has 0 bridgehead atoms. The molecule has 2 aromatic rings. The van der Waals surface area contributed by atoms with Gasteiger partial charge in [0.05, 0.1) is 4.70 Å². The molecule has 3 rings (SSSR count). The molecule has 1 aromatic carbocycles. The van der Waals surface area contributed by atoms with Gasteiger partial charge in [-0.15, -0.1) is 0 Å². The van der Waals surface area contributed by atoms with Gasteiger partial charge in [0, 0.05) is 5.39 Å². The van der Waals surface area contributed by atoms with E-state index in [1.165, 1.54) is 29.9 Å². The van der Waals surface area contributed by atoms with Gasteiger partial charge in [-0.2, -0.15) is 4.37 Å². The number of carbonyl (C=O) groups is 1. The third-order valence-electron chi connectivity index (χ3n) is 2.75. The largest absolute Gasteiger partial charge is 0.476 e. The molecule has 1 saturated carbocycles. The molecule has 0 unspecified atom stereocenters. The minimum Gasteiger partial charge on any atom is -0.476 e. The molecule has 0 saturated heterocycles. The summed E-state index contributed by atoms with van der Waals surface area (Å²) in [6.07, 6.45) is 2.52. The molecular formula is C11H9NO2S. The lowest BCUT2D eigenvalue weighted by molar-refractivity contribution is 0.0694. The number of aromatic carboxylic acids is 1. The number of benzene rings is 1. The minimum atomic E-state index is -0.944. The van der Waals surface area contributed by atoms with Crippen LogP contribution in [0, 0.1) is 0 Å². The van der Waals surface area contributed by atoms with E-state index in [2.05, 4.69) is 10.4 Å². The van der Waals surface area contributed by atoms with Crippen molar-refractivity contribution in [1.29, 1.82) is 0 Å². The van der Waals surface area contributed by atoms with Crippen molar-refractivity contribution in [1.82, 2.24) is 4.37 Å². The van der Waals surface area contributed by atoms with E-state index in [1.54, 1.807) is 0 Å². The summed E-state index contributed by atoms with van der Waals surface area (Å²) in [6.45, 7) is 0. The van der Waals surface area contributed by atoms with Gasteiger partial charge in [-0.3, -0.25) is 0 Å². The number of rotatable bonds is 2. The summed E-state index contributed by atoms with van der Waals surface area (Å²) < 4.78 is 4.94. The number of carboxylic acids is 1. The molecule has 1 heterocycles. The summed E-state index contributed by atoms with van der Waals surface area (Å²) in [5.41, 5.74) is 1.50. The fraction of sp³-hybridized carbons (Fsp3) is 0.273. The summed E-state index contributed by atoms with van der Waals surface area (Å²) in [5, 5.41) is 9.67. The fourth-order valence-electron chi connectivity index (χ4n) is 1.78. The van der Waals surface area contributed by atoms with E-state index >= 15 is 0 Å². The number of nitrogens with zero attached hydrogens (tertiary/aromatic N) is 1. The monoisotopic (exact) mass is 219 g/mol. The van der Waals surface area contributed by atoms with Crippen LogP contribution in [-0.2, 0) is 0 Å². The molecule has 1 fully saturated rings. The van der Waals surface area contributed by atoms with Gasteiger partial charge in [-0.1, -0.05) is 12.1 Å². The van der Waals surface area contributed by atoms with Crippen LogP contribution in [0.3, 0.4) is 0 Å². The molecule has 0 aliphatic heterocycles. The van der Waals surface area contributed by atoms with Crippen molar-refractivity contribution in [3.8, 4) is 0 Å². The molecule has 0 amide bonds. The van der Waals surface area contributed by atoms with E-state index in [0.717, 1.165) is 10.1 Å². The number of hydrogen-bond acceptors (Lipinski definition) is 3. The van der Waals surface area contributed by atoms with Crippen molar-refractivity contribution in [2.24, 2.45) is 0 Å². The molecule has 0 atom stereocenters. The van der Waals surface area contributed by atoms with Crippen LogP contribution in [0.4, 0.5) is 0 Å². The lowest BCUT2D eigenvalue weighted by atomic mass is 10.1. The Morgan fingerprint density at radius 3 is 2.93 bits per heavy atom. The molecule has 0 spiro atoms. The lowest BCUT2D eigenvalue weighted by Crippen LogP contribution is -1.96. The molecule has 1 aromatic heterocycles. The Kier molecular flexibility index (Phi) is 1.79. The molecule has 4 heteroatoms. The van der Waals surface area contributed by atoms with Gasteiger partial charge in [-0.25, -0.2) is 4.79 Å². The summed E-state index contributed by atoms with van der Waals surface area (Å²) >= 11 is 1.27. The van der Waals surface area contributed by atoms with Crippen LogP contribution < -0.4 is 0 Å². The SMILES string of the molecule is O=C(O)c1nsc2cc(C3CC3)ccc12. The Hall–Kier alpha value is -1.42. The van der Waals surface area contributed by atoms with Gasteiger partial charge >= 0.3 is 5.97 Å². The molecule has 15 heavy (non-hydrogen) atoms. The van der Waals surface area contributed by atoms with E-state index < -0.39 is 5.97 Å². The Balaban J connectivity index is 2.17. The van der Waals surface area contributed by atoms with Crippen LogP contribution in [0.2, 0.25) is 0 Å². The molecule has 1 aliphatic rings. The highest BCUT2D eigenvalue weighted by Gasteiger charge is 2.24. The highest BCUT2D eigenvalue weighted by atomic mass is 32.1. The van der Waals surface area contributed by atoms with Gasteiger partial charge in [0.2, 0.25) is 0 Å². The second kappa shape index (κ2) is 3.03. The van der Waals surface area contributed by atoms with Crippen LogP contribution in [0.1, 0.15) is 34.8 Å². The van der Waals surface area contributed by atoms with Gasteiger partial charge in [0.1, 0.15) is 0 Å². The van der Waals surface area contributed by atoms with Crippen LogP contribution in [-0.4, -0.2) is 15.4 Å².